The Balaban J connectivity index is 1.62. The molecule has 0 aliphatic carbocycles. The van der Waals surface area contributed by atoms with Crippen LogP contribution in [-0.4, -0.2) is 29.2 Å². The Bertz CT molecular complexity index is 894. The van der Waals surface area contributed by atoms with Gasteiger partial charge < -0.3 is 10.1 Å². The van der Waals surface area contributed by atoms with Gasteiger partial charge in [-0.2, -0.15) is 5.10 Å². The summed E-state index contributed by atoms with van der Waals surface area (Å²) < 4.78 is 6.31. The number of aromatic amines is 1. The standard InChI is InChI=1S/C20H23N3O2S3/c1-3-4-7-25-20(24)21-13-16-5-6-19(27-16)28-18-9-14(8-17(10-18)26-2)15-11-22-23-12-15/h5-6,8-12H,3-4,7,13H2,1-2H3,(H,21,24)(H,22,23). The number of thiophene rings is 1. The normalized spacial score (nSPS) is 10.8. The molecule has 0 radical (unpaired) electrons. The zero-order chi connectivity index (χ0) is 19.8. The van der Waals surface area contributed by atoms with Gasteiger partial charge in [0.15, 0.2) is 0 Å². The average Bonchev–Trinajstić information content (AvgIpc) is 3.38. The molecule has 0 aliphatic heterocycles. The lowest BCUT2D eigenvalue weighted by molar-refractivity contribution is 0.144. The number of aromatic nitrogens is 2. The third-order valence-electron chi connectivity index (χ3n) is 3.94. The van der Waals surface area contributed by atoms with Crippen LogP contribution >= 0.6 is 34.9 Å². The van der Waals surface area contributed by atoms with E-state index in [1.807, 2.05) is 12.4 Å². The van der Waals surface area contributed by atoms with E-state index in [9.17, 15) is 4.79 Å². The summed E-state index contributed by atoms with van der Waals surface area (Å²) in [4.78, 5) is 15.2. The third kappa shape index (κ3) is 6.05. The number of carbonyl (C=O) groups excluding carboxylic acids is 1. The number of H-pyrrole nitrogens is 1. The molecule has 3 aromatic rings. The van der Waals surface area contributed by atoms with Gasteiger partial charge in [0, 0.05) is 26.4 Å². The molecule has 0 fully saturated rings. The van der Waals surface area contributed by atoms with Crippen LogP contribution in [0.4, 0.5) is 4.79 Å². The van der Waals surface area contributed by atoms with Crippen molar-refractivity contribution in [1.29, 1.82) is 0 Å². The molecule has 28 heavy (non-hydrogen) atoms. The lowest BCUT2D eigenvalue weighted by Crippen LogP contribution is -2.23. The largest absolute Gasteiger partial charge is 0.450 e. The van der Waals surface area contributed by atoms with Gasteiger partial charge in [-0.15, -0.1) is 23.1 Å². The second-order valence-corrected chi connectivity index (χ2v) is 9.47. The summed E-state index contributed by atoms with van der Waals surface area (Å²) in [5.74, 6) is 0. The van der Waals surface area contributed by atoms with Gasteiger partial charge in [-0.05, 0) is 48.6 Å². The highest BCUT2D eigenvalue weighted by Gasteiger charge is 2.09. The summed E-state index contributed by atoms with van der Waals surface area (Å²) in [6.45, 7) is 3.03. The predicted molar refractivity (Wildman–Crippen MR) is 117 cm³/mol. The van der Waals surface area contributed by atoms with Crippen LogP contribution in [-0.2, 0) is 11.3 Å². The topological polar surface area (TPSA) is 67.0 Å². The quantitative estimate of drug-likeness (QED) is 0.318. The third-order valence-corrected chi connectivity index (χ3v) is 6.84. The number of amides is 1. The molecular weight excluding hydrogens is 410 g/mol. The zero-order valence-electron chi connectivity index (χ0n) is 15.9. The van der Waals surface area contributed by atoms with E-state index < -0.39 is 0 Å². The van der Waals surface area contributed by atoms with Gasteiger partial charge in [-0.25, -0.2) is 4.79 Å². The Hall–Kier alpha value is -1.90. The minimum Gasteiger partial charge on any atom is -0.450 e. The predicted octanol–water partition coefficient (Wildman–Crippen LogP) is 6.04. The first-order valence-corrected chi connectivity index (χ1v) is 11.9. The summed E-state index contributed by atoms with van der Waals surface area (Å²) >= 11 is 5.14. The summed E-state index contributed by atoms with van der Waals surface area (Å²) in [6.07, 6.45) is 7.37. The fraction of sp³-hybridized carbons (Fsp3) is 0.300. The van der Waals surface area contributed by atoms with Gasteiger partial charge in [0.2, 0.25) is 0 Å². The molecular formula is C20H23N3O2S3. The summed E-state index contributed by atoms with van der Waals surface area (Å²) in [5, 5.41) is 9.73. The SMILES string of the molecule is CCCCOC(=O)NCc1ccc(Sc2cc(SC)cc(-c3cn[nH]c3)c2)s1. The van der Waals surface area contributed by atoms with Gasteiger partial charge in [0.1, 0.15) is 0 Å². The number of carbonyl (C=O) groups is 1. The Labute approximate surface area is 177 Å². The van der Waals surface area contributed by atoms with Crippen LogP contribution in [0.25, 0.3) is 11.1 Å². The van der Waals surface area contributed by atoms with E-state index in [0.717, 1.165) is 28.8 Å². The molecule has 1 amide bonds. The van der Waals surface area contributed by atoms with Crippen molar-refractivity contribution >= 4 is 41.0 Å². The van der Waals surface area contributed by atoms with Gasteiger partial charge in [0.05, 0.1) is 23.6 Å². The number of nitrogens with one attached hydrogen (secondary N) is 2. The molecule has 2 N–H and O–H groups in total. The highest BCUT2D eigenvalue weighted by molar-refractivity contribution is 8.01. The van der Waals surface area contributed by atoms with Crippen LogP contribution in [0.5, 0.6) is 0 Å². The summed E-state index contributed by atoms with van der Waals surface area (Å²) in [6, 6.07) is 10.7. The second-order valence-electron chi connectivity index (χ2n) is 6.05. The van der Waals surface area contributed by atoms with Crippen molar-refractivity contribution in [1.82, 2.24) is 15.5 Å². The smallest absolute Gasteiger partial charge is 0.407 e. The number of nitrogens with zero attached hydrogens (tertiary/aromatic N) is 1. The monoisotopic (exact) mass is 433 g/mol. The number of rotatable bonds is 9. The molecule has 0 atom stereocenters. The van der Waals surface area contributed by atoms with Crippen molar-refractivity contribution in [2.45, 2.75) is 40.3 Å². The van der Waals surface area contributed by atoms with Crippen LogP contribution in [0, 0.1) is 0 Å². The Morgan fingerprint density at radius 2 is 2.11 bits per heavy atom. The Morgan fingerprint density at radius 3 is 2.86 bits per heavy atom. The van der Waals surface area contributed by atoms with Crippen LogP contribution in [0.3, 0.4) is 0 Å². The van der Waals surface area contributed by atoms with Crippen molar-refractivity contribution in [3.05, 3.63) is 47.6 Å². The molecule has 3 rings (SSSR count). The minimum absolute atomic E-state index is 0.353. The van der Waals surface area contributed by atoms with Crippen molar-refractivity contribution in [2.24, 2.45) is 0 Å². The summed E-state index contributed by atoms with van der Waals surface area (Å²) in [5.41, 5.74) is 2.23. The number of benzene rings is 1. The second kappa shape index (κ2) is 10.6. The van der Waals surface area contributed by atoms with Gasteiger partial charge in [-0.3, -0.25) is 5.10 Å². The molecule has 8 heteroatoms. The van der Waals surface area contributed by atoms with Crippen LogP contribution in [0.2, 0.25) is 0 Å². The van der Waals surface area contributed by atoms with E-state index in [0.29, 0.717) is 13.2 Å². The fourth-order valence-corrected chi connectivity index (χ4v) is 5.22. The van der Waals surface area contributed by atoms with Crippen molar-refractivity contribution < 1.29 is 9.53 Å². The lowest BCUT2D eigenvalue weighted by Gasteiger charge is -2.06. The van der Waals surface area contributed by atoms with Gasteiger partial charge in [-0.1, -0.05) is 25.1 Å². The van der Waals surface area contributed by atoms with E-state index in [1.54, 1.807) is 34.9 Å². The molecule has 1 aromatic carbocycles. The van der Waals surface area contributed by atoms with Crippen LogP contribution in [0.1, 0.15) is 24.6 Å². The van der Waals surface area contributed by atoms with Crippen molar-refractivity contribution in [2.75, 3.05) is 12.9 Å². The number of thioether (sulfide) groups is 1. The maximum atomic E-state index is 11.7. The van der Waals surface area contributed by atoms with Crippen LogP contribution < -0.4 is 5.32 Å². The molecule has 0 spiro atoms. The molecule has 0 bridgehead atoms. The maximum absolute atomic E-state index is 11.7. The minimum atomic E-state index is -0.353. The number of hydrogen-bond donors (Lipinski definition) is 2. The van der Waals surface area contributed by atoms with E-state index in [4.69, 9.17) is 4.74 Å². The molecule has 2 aromatic heterocycles. The zero-order valence-corrected chi connectivity index (χ0v) is 18.3. The summed E-state index contributed by atoms with van der Waals surface area (Å²) in [7, 11) is 0. The molecule has 0 aliphatic rings. The molecule has 0 saturated carbocycles. The van der Waals surface area contributed by atoms with Gasteiger partial charge in [0.25, 0.3) is 0 Å². The Kier molecular flexibility index (Phi) is 7.88. The van der Waals surface area contributed by atoms with Crippen molar-refractivity contribution in [3.63, 3.8) is 0 Å². The molecule has 5 nitrogen and oxygen atoms in total. The molecule has 148 valence electrons. The van der Waals surface area contributed by atoms with E-state index in [2.05, 4.69) is 59.0 Å². The molecule has 0 unspecified atom stereocenters. The lowest BCUT2D eigenvalue weighted by atomic mass is 10.1. The number of ether oxygens (including phenoxy) is 1. The van der Waals surface area contributed by atoms with Crippen LogP contribution in [0.15, 0.2) is 56.7 Å². The first kappa shape index (κ1) is 20.8. The van der Waals surface area contributed by atoms with E-state index in [-0.39, 0.29) is 6.09 Å². The first-order valence-electron chi connectivity index (χ1n) is 9.03. The highest BCUT2D eigenvalue weighted by atomic mass is 32.2. The van der Waals surface area contributed by atoms with E-state index >= 15 is 0 Å². The van der Waals surface area contributed by atoms with Gasteiger partial charge >= 0.3 is 6.09 Å². The maximum Gasteiger partial charge on any atom is 0.407 e. The molecule has 0 saturated heterocycles. The number of unbranched alkanes of at least 4 members (excludes halogenated alkanes) is 1. The fourth-order valence-electron chi connectivity index (χ4n) is 2.47. The first-order chi connectivity index (χ1) is 13.7. The number of alkyl carbamates (subject to hydrolysis) is 1. The highest BCUT2D eigenvalue weighted by Crippen LogP contribution is 2.37. The van der Waals surface area contributed by atoms with Crippen molar-refractivity contribution in [3.8, 4) is 11.1 Å². The molecule has 2 heterocycles. The average molecular weight is 434 g/mol. The number of hydrogen-bond acceptors (Lipinski definition) is 6. The Morgan fingerprint density at radius 1 is 1.25 bits per heavy atom. The van der Waals surface area contributed by atoms with E-state index in [1.165, 1.54) is 14.0 Å².